The Bertz CT molecular complexity index is 881. The van der Waals surface area contributed by atoms with Crippen LogP contribution in [0.5, 0.6) is 6.01 Å². The molecule has 1 saturated heterocycles. The van der Waals surface area contributed by atoms with Crippen molar-refractivity contribution in [2.45, 2.75) is 31.3 Å². The predicted octanol–water partition coefficient (Wildman–Crippen LogP) is -0.588. The van der Waals surface area contributed by atoms with Crippen LogP contribution in [-0.4, -0.2) is 66.9 Å². The number of carbonyl (C=O) groups is 1. The number of sulfonamides is 2. The van der Waals surface area contributed by atoms with E-state index in [9.17, 15) is 21.6 Å². The molecule has 1 aliphatic heterocycles. The normalized spacial score (nSPS) is 16.9. The Morgan fingerprint density at radius 2 is 1.77 bits per heavy atom. The van der Waals surface area contributed by atoms with Crippen LogP contribution in [0.15, 0.2) is 0 Å². The summed E-state index contributed by atoms with van der Waals surface area (Å²) in [4.78, 5) is 23.3. The fourth-order valence-corrected chi connectivity index (χ4v) is 5.71. The number of aromatic nitrogens is 3. The standard InChI is InChI=1S/C12H20N6O6S2/c1-8-13-10(16-12(14-8)24-3)15-11(19)17-25(20,21)9(2)26(22,23)18-6-4-5-7-18/h9H,4-7H2,1-3H3,(H2,13,14,15,16,17,19). The van der Waals surface area contributed by atoms with Crippen molar-refractivity contribution < 1.29 is 26.4 Å². The van der Waals surface area contributed by atoms with E-state index in [2.05, 4.69) is 20.3 Å². The number of nitrogens with zero attached hydrogens (tertiary/aromatic N) is 4. The van der Waals surface area contributed by atoms with Crippen molar-refractivity contribution in [3.63, 3.8) is 0 Å². The lowest BCUT2D eigenvalue weighted by Gasteiger charge is -2.21. The maximum absolute atomic E-state index is 12.4. The van der Waals surface area contributed by atoms with Gasteiger partial charge in [0.15, 0.2) is 4.58 Å². The van der Waals surface area contributed by atoms with E-state index in [1.54, 1.807) is 4.72 Å². The zero-order valence-corrected chi connectivity index (χ0v) is 16.1. The van der Waals surface area contributed by atoms with Crippen LogP contribution in [0.4, 0.5) is 10.7 Å². The summed E-state index contributed by atoms with van der Waals surface area (Å²) >= 11 is 0. The van der Waals surface area contributed by atoms with E-state index >= 15 is 0 Å². The topological polar surface area (TPSA) is 161 Å². The monoisotopic (exact) mass is 408 g/mol. The Hall–Kier alpha value is -2.06. The summed E-state index contributed by atoms with van der Waals surface area (Å²) in [6.45, 7) is 3.06. The Morgan fingerprint density at radius 1 is 1.15 bits per heavy atom. The van der Waals surface area contributed by atoms with Crippen LogP contribution >= 0.6 is 0 Å². The molecular weight excluding hydrogens is 388 g/mol. The molecule has 1 aromatic heterocycles. The molecule has 2 rings (SSSR count). The van der Waals surface area contributed by atoms with Gasteiger partial charge in [-0.2, -0.15) is 15.0 Å². The van der Waals surface area contributed by atoms with Gasteiger partial charge in [0.25, 0.3) is 10.0 Å². The summed E-state index contributed by atoms with van der Waals surface area (Å²) in [5.41, 5.74) is 0. The minimum Gasteiger partial charge on any atom is -0.467 e. The first-order valence-electron chi connectivity index (χ1n) is 7.64. The molecule has 0 saturated carbocycles. The number of carbonyl (C=O) groups excluding carboxylic acids is 1. The van der Waals surface area contributed by atoms with E-state index in [4.69, 9.17) is 4.74 Å². The fraction of sp³-hybridized carbons (Fsp3) is 0.667. The van der Waals surface area contributed by atoms with Crippen LogP contribution in [0.1, 0.15) is 25.6 Å². The van der Waals surface area contributed by atoms with Gasteiger partial charge in [0.2, 0.25) is 16.0 Å². The maximum atomic E-state index is 12.4. The minimum atomic E-state index is -4.49. The summed E-state index contributed by atoms with van der Waals surface area (Å²) in [7, 11) is -7.27. The third-order valence-corrected chi connectivity index (χ3v) is 8.41. The van der Waals surface area contributed by atoms with Crippen molar-refractivity contribution in [2.24, 2.45) is 0 Å². The summed E-state index contributed by atoms with van der Waals surface area (Å²) in [5, 5.41) is 2.11. The number of urea groups is 1. The Morgan fingerprint density at radius 3 is 2.35 bits per heavy atom. The smallest absolute Gasteiger partial charge is 0.335 e. The number of rotatable bonds is 6. The van der Waals surface area contributed by atoms with E-state index < -0.39 is 30.7 Å². The van der Waals surface area contributed by atoms with Crippen molar-refractivity contribution in [1.29, 1.82) is 0 Å². The van der Waals surface area contributed by atoms with E-state index in [0.29, 0.717) is 12.8 Å². The van der Waals surface area contributed by atoms with Crippen molar-refractivity contribution in [3.8, 4) is 6.01 Å². The summed E-state index contributed by atoms with van der Waals surface area (Å²) in [6.07, 6.45) is 1.33. The first kappa shape index (κ1) is 20.3. The van der Waals surface area contributed by atoms with Crippen LogP contribution in [0, 0.1) is 6.92 Å². The molecule has 12 nitrogen and oxygen atoms in total. The summed E-state index contributed by atoms with van der Waals surface area (Å²) in [5.74, 6) is -0.00269. The molecule has 2 N–H and O–H groups in total. The highest BCUT2D eigenvalue weighted by Gasteiger charge is 2.40. The third kappa shape index (κ3) is 4.56. The molecule has 2 amide bonds. The first-order valence-corrected chi connectivity index (χ1v) is 10.7. The molecule has 2 heterocycles. The number of methoxy groups -OCH3 is 1. The summed E-state index contributed by atoms with van der Waals surface area (Å²) in [6, 6.07) is -1.26. The van der Waals surface area contributed by atoms with E-state index in [0.717, 1.165) is 11.2 Å². The minimum absolute atomic E-state index is 0.0689. The van der Waals surface area contributed by atoms with Gasteiger partial charge in [-0.3, -0.25) is 5.32 Å². The van der Waals surface area contributed by atoms with E-state index in [1.807, 2.05) is 0 Å². The Labute approximate surface area is 151 Å². The molecule has 1 aromatic rings. The SMILES string of the molecule is COc1nc(C)nc(NC(=O)NS(=O)(=O)C(C)S(=O)(=O)N2CCCC2)n1. The second-order valence-corrected chi connectivity index (χ2v) is 10.1. The molecule has 0 spiro atoms. The fourth-order valence-electron chi connectivity index (χ4n) is 2.26. The van der Waals surface area contributed by atoms with Crippen molar-refractivity contribution in [1.82, 2.24) is 24.0 Å². The van der Waals surface area contributed by atoms with Crippen LogP contribution in [-0.2, 0) is 20.0 Å². The molecule has 0 aromatic carbocycles. The molecule has 14 heteroatoms. The van der Waals surface area contributed by atoms with Gasteiger partial charge in [0.05, 0.1) is 7.11 Å². The highest BCUT2D eigenvalue weighted by atomic mass is 32.3. The van der Waals surface area contributed by atoms with E-state index in [-0.39, 0.29) is 30.9 Å². The molecule has 26 heavy (non-hydrogen) atoms. The van der Waals surface area contributed by atoms with Crippen LogP contribution in [0.2, 0.25) is 0 Å². The van der Waals surface area contributed by atoms with Gasteiger partial charge in [-0.05, 0) is 26.7 Å². The molecular formula is C12H20N6O6S2. The molecule has 0 bridgehead atoms. The number of nitrogens with one attached hydrogen (secondary N) is 2. The molecule has 1 unspecified atom stereocenters. The zero-order chi connectivity index (χ0) is 19.5. The third-order valence-electron chi connectivity index (χ3n) is 3.65. The lowest BCUT2D eigenvalue weighted by molar-refractivity contribution is 0.256. The average molecular weight is 408 g/mol. The van der Waals surface area contributed by atoms with Gasteiger partial charge >= 0.3 is 12.0 Å². The van der Waals surface area contributed by atoms with Gasteiger partial charge in [-0.1, -0.05) is 0 Å². The number of anilines is 1. The van der Waals surface area contributed by atoms with Crippen LogP contribution in [0.3, 0.4) is 0 Å². The highest BCUT2D eigenvalue weighted by molar-refractivity contribution is 8.07. The largest absolute Gasteiger partial charge is 0.467 e. The van der Waals surface area contributed by atoms with Gasteiger partial charge in [0, 0.05) is 13.1 Å². The Balaban J connectivity index is 2.10. The number of ether oxygens (including phenoxy) is 1. The molecule has 146 valence electrons. The quantitative estimate of drug-likeness (QED) is 0.627. The predicted molar refractivity (Wildman–Crippen MR) is 91.4 cm³/mol. The number of amides is 2. The molecule has 1 aliphatic rings. The summed E-state index contributed by atoms with van der Waals surface area (Å²) < 4.78 is 55.1. The number of hydrogen-bond acceptors (Lipinski definition) is 9. The Kier molecular flexibility index (Phi) is 5.98. The average Bonchev–Trinajstić information content (AvgIpc) is 3.08. The lowest BCUT2D eigenvalue weighted by Crippen LogP contribution is -2.47. The van der Waals surface area contributed by atoms with Gasteiger partial charge in [-0.25, -0.2) is 30.7 Å². The van der Waals surface area contributed by atoms with Crippen molar-refractivity contribution in [2.75, 3.05) is 25.5 Å². The van der Waals surface area contributed by atoms with Crippen molar-refractivity contribution >= 4 is 32.0 Å². The second-order valence-electron chi connectivity index (χ2n) is 5.51. The van der Waals surface area contributed by atoms with E-state index in [1.165, 1.54) is 14.0 Å². The van der Waals surface area contributed by atoms with Crippen LogP contribution in [0.25, 0.3) is 0 Å². The number of hydrogen-bond donors (Lipinski definition) is 2. The van der Waals surface area contributed by atoms with Gasteiger partial charge in [-0.15, -0.1) is 0 Å². The highest BCUT2D eigenvalue weighted by Crippen LogP contribution is 2.19. The zero-order valence-electron chi connectivity index (χ0n) is 14.5. The maximum Gasteiger partial charge on any atom is 0.335 e. The number of aryl methyl sites for hydroxylation is 1. The van der Waals surface area contributed by atoms with Crippen LogP contribution < -0.4 is 14.8 Å². The lowest BCUT2D eigenvalue weighted by atomic mass is 10.4. The second kappa shape index (κ2) is 7.67. The molecule has 1 atom stereocenters. The molecule has 0 radical (unpaired) electrons. The van der Waals surface area contributed by atoms with Crippen molar-refractivity contribution in [3.05, 3.63) is 5.82 Å². The van der Waals surface area contributed by atoms with Gasteiger partial charge in [0.1, 0.15) is 5.82 Å². The molecule has 0 aliphatic carbocycles. The first-order chi connectivity index (χ1) is 12.1. The van der Waals surface area contributed by atoms with Gasteiger partial charge < -0.3 is 4.74 Å². The molecule has 1 fully saturated rings.